The number of carbonyl (C=O) groups excluding carboxylic acids is 2. The molecule has 0 bridgehead atoms. The van der Waals surface area contributed by atoms with Crippen molar-refractivity contribution in [3.05, 3.63) is 35.9 Å². The van der Waals surface area contributed by atoms with Crippen molar-refractivity contribution in [2.24, 2.45) is 0 Å². The molecule has 3 N–H and O–H groups in total. The summed E-state index contributed by atoms with van der Waals surface area (Å²) in [5.74, 6) is -0.158. The highest BCUT2D eigenvalue weighted by atomic mass is 16.2. The number of benzene rings is 1. The summed E-state index contributed by atoms with van der Waals surface area (Å²) in [5.41, 5.74) is 1.19. The zero-order valence-electron chi connectivity index (χ0n) is 12.9. The van der Waals surface area contributed by atoms with Gasteiger partial charge in [0.15, 0.2) is 0 Å². The lowest BCUT2D eigenvalue weighted by atomic mass is 9.96. The van der Waals surface area contributed by atoms with Gasteiger partial charge in [0.2, 0.25) is 5.91 Å². The van der Waals surface area contributed by atoms with Gasteiger partial charge in [-0.25, -0.2) is 4.79 Å². The van der Waals surface area contributed by atoms with Crippen LogP contribution in [0.2, 0.25) is 0 Å². The zero-order chi connectivity index (χ0) is 15.6. The first kappa shape index (κ1) is 16.3. The van der Waals surface area contributed by atoms with Gasteiger partial charge in [0.05, 0.1) is 6.54 Å². The first-order chi connectivity index (χ1) is 10.7. The minimum absolute atomic E-state index is 0.0212. The summed E-state index contributed by atoms with van der Waals surface area (Å²) in [6, 6.07) is 10.0. The Hall–Kier alpha value is -2.04. The first-order valence-electron chi connectivity index (χ1n) is 8.09. The molecule has 1 aromatic carbocycles. The highest BCUT2D eigenvalue weighted by Gasteiger charge is 2.15. The molecule has 0 atom stereocenters. The molecule has 0 radical (unpaired) electrons. The van der Waals surface area contributed by atoms with Gasteiger partial charge < -0.3 is 16.0 Å². The van der Waals surface area contributed by atoms with Gasteiger partial charge in [-0.1, -0.05) is 49.6 Å². The van der Waals surface area contributed by atoms with Crippen LogP contribution in [0.15, 0.2) is 30.3 Å². The molecular formula is C17H25N3O2. The van der Waals surface area contributed by atoms with Gasteiger partial charge in [-0.3, -0.25) is 4.79 Å². The van der Waals surface area contributed by atoms with Crippen molar-refractivity contribution in [2.45, 2.75) is 44.6 Å². The van der Waals surface area contributed by atoms with Gasteiger partial charge in [0.25, 0.3) is 0 Å². The van der Waals surface area contributed by atoms with Gasteiger partial charge in [-0.05, 0) is 24.8 Å². The van der Waals surface area contributed by atoms with Gasteiger partial charge in [-0.2, -0.15) is 0 Å². The molecule has 0 aromatic heterocycles. The topological polar surface area (TPSA) is 70.2 Å². The minimum atomic E-state index is -0.245. The van der Waals surface area contributed by atoms with Crippen LogP contribution >= 0.6 is 0 Å². The molecule has 0 saturated heterocycles. The van der Waals surface area contributed by atoms with Gasteiger partial charge >= 0.3 is 6.03 Å². The lowest BCUT2D eigenvalue weighted by Gasteiger charge is -2.22. The van der Waals surface area contributed by atoms with Crippen LogP contribution in [0.4, 0.5) is 4.79 Å². The molecule has 5 nitrogen and oxygen atoms in total. The van der Waals surface area contributed by atoms with E-state index in [0.717, 1.165) is 19.3 Å². The number of amides is 3. The Morgan fingerprint density at radius 2 is 1.73 bits per heavy atom. The molecule has 1 aliphatic rings. The molecule has 1 saturated carbocycles. The standard InChI is InChI=1S/C17H25N3O2/c21-16(18-12-11-14-7-3-1-4-8-14)13-19-17(22)20-15-9-5-2-6-10-15/h1,3-4,7-8,15H,2,5-6,9-13H2,(H,18,21)(H2,19,20,22). The summed E-state index contributed by atoms with van der Waals surface area (Å²) in [4.78, 5) is 23.4. The van der Waals surface area contributed by atoms with E-state index < -0.39 is 0 Å². The predicted octanol–water partition coefficient (Wildman–Crippen LogP) is 1.98. The van der Waals surface area contributed by atoms with E-state index in [-0.39, 0.29) is 24.5 Å². The molecule has 2 rings (SSSR count). The fourth-order valence-electron chi connectivity index (χ4n) is 2.70. The summed E-state index contributed by atoms with van der Waals surface area (Å²) in [7, 11) is 0. The van der Waals surface area contributed by atoms with Gasteiger partial charge in [0.1, 0.15) is 0 Å². The maximum Gasteiger partial charge on any atom is 0.315 e. The second-order valence-corrected chi connectivity index (χ2v) is 5.75. The van der Waals surface area contributed by atoms with Crippen molar-refractivity contribution < 1.29 is 9.59 Å². The summed E-state index contributed by atoms with van der Waals surface area (Å²) in [6.07, 6.45) is 6.47. The summed E-state index contributed by atoms with van der Waals surface area (Å²) in [6.45, 7) is 0.599. The molecular weight excluding hydrogens is 278 g/mol. The Morgan fingerprint density at radius 1 is 1.00 bits per heavy atom. The second kappa shape index (κ2) is 9.07. The third-order valence-corrected chi connectivity index (χ3v) is 3.93. The fraction of sp³-hybridized carbons (Fsp3) is 0.529. The third-order valence-electron chi connectivity index (χ3n) is 3.93. The van der Waals surface area contributed by atoms with Crippen LogP contribution in [0.1, 0.15) is 37.7 Å². The Bertz CT molecular complexity index is 470. The number of hydrogen-bond acceptors (Lipinski definition) is 2. The monoisotopic (exact) mass is 303 g/mol. The molecule has 1 aliphatic carbocycles. The van der Waals surface area contributed by atoms with E-state index in [1.807, 2.05) is 30.3 Å². The lowest BCUT2D eigenvalue weighted by molar-refractivity contribution is -0.120. The van der Waals surface area contributed by atoms with E-state index in [1.54, 1.807) is 0 Å². The zero-order valence-corrected chi connectivity index (χ0v) is 12.9. The molecule has 5 heteroatoms. The second-order valence-electron chi connectivity index (χ2n) is 5.75. The Kier molecular flexibility index (Phi) is 6.74. The van der Waals surface area contributed by atoms with E-state index in [2.05, 4.69) is 16.0 Å². The number of hydrogen-bond donors (Lipinski definition) is 3. The van der Waals surface area contributed by atoms with E-state index in [0.29, 0.717) is 6.54 Å². The molecule has 0 spiro atoms. The van der Waals surface area contributed by atoms with Crippen LogP contribution < -0.4 is 16.0 Å². The van der Waals surface area contributed by atoms with Crippen LogP contribution in [0, 0.1) is 0 Å². The summed E-state index contributed by atoms with van der Waals surface area (Å²) in [5, 5.41) is 8.35. The number of carbonyl (C=O) groups is 2. The van der Waals surface area contributed by atoms with Crippen molar-refractivity contribution >= 4 is 11.9 Å². The lowest BCUT2D eigenvalue weighted by Crippen LogP contribution is -2.46. The predicted molar refractivity (Wildman–Crippen MR) is 86.6 cm³/mol. The van der Waals surface area contributed by atoms with Gasteiger partial charge in [-0.15, -0.1) is 0 Å². The molecule has 0 unspecified atom stereocenters. The van der Waals surface area contributed by atoms with E-state index in [9.17, 15) is 9.59 Å². The molecule has 1 fully saturated rings. The Labute approximate surface area is 131 Å². The summed E-state index contributed by atoms with van der Waals surface area (Å²) < 4.78 is 0. The molecule has 0 heterocycles. The van der Waals surface area contributed by atoms with Crippen molar-refractivity contribution in [3.63, 3.8) is 0 Å². The quantitative estimate of drug-likeness (QED) is 0.752. The van der Waals surface area contributed by atoms with Crippen LogP contribution in [0.5, 0.6) is 0 Å². The van der Waals surface area contributed by atoms with E-state index in [1.165, 1.54) is 24.8 Å². The molecule has 1 aromatic rings. The normalized spacial score (nSPS) is 15.1. The summed E-state index contributed by atoms with van der Waals surface area (Å²) >= 11 is 0. The SMILES string of the molecule is O=C(CNC(=O)NC1CCCCC1)NCCc1ccccc1. The minimum Gasteiger partial charge on any atom is -0.354 e. The van der Waals surface area contributed by atoms with Crippen LogP contribution in [0.25, 0.3) is 0 Å². The Balaban J connectivity index is 1.56. The number of nitrogens with one attached hydrogen (secondary N) is 3. The molecule has 0 aliphatic heterocycles. The van der Waals surface area contributed by atoms with Gasteiger partial charge in [0, 0.05) is 12.6 Å². The maximum atomic E-state index is 11.7. The number of urea groups is 1. The average molecular weight is 303 g/mol. The smallest absolute Gasteiger partial charge is 0.315 e. The highest BCUT2D eigenvalue weighted by molar-refractivity contribution is 5.83. The van der Waals surface area contributed by atoms with Crippen LogP contribution in [0.3, 0.4) is 0 Å². The van der Waals surface area contributed by atoms with Crippen molar-refractivity contribution in [2.75, 3.05) is 13.1 Å². The first-order valence-corrected chi connectivity index (χ1v) is 8.09. The van der Waals surface area contributed by atoms with Crippen molar-refractivity contribution in [1.82, 2.24) is 16.0 Å². The highest BCUT2D eigenvalue weighted by Crippen LogP contribution is 2.16. The van der Waals surface area contributed by atoms with Crippen molar-refractivity contribution in [1.29, 1.82) is 0 Å². The fourth-order valence-corrected chi connectivity index (χ4v) is 2.70. The number of rotatable bonds is 6. The maximum absolute atomic E-state index is 11.7. The van der Waals surface area contributed by atoms with Crippen LogP contribution in [-0.2, 0) is 11.2 Å². The van der Waals surface area contributed by atoms with E-state index in [4.69, 9.17) is 0 Å². The Morgan fingerprint density at radius 3 is 2.45 bits per heavy atom. The van der Waals surface area contributed by atoms with Crippen LogP contribution in [-0.4, -0.2) is 31.1 Å². The average Bonchev–Trinajstić information content (AvgIpc) is 2.55. The molecule has 3 amide bonds. The van der Waals surface area contributed by atoms with E-state index >= 15 is 0 Å². The largest absolute Gasteiger partial charge is 0.354 e. The molecule has 22 heavy (non-hydrogen) atoms. The third kappa shape index (κ3) is 6.16. The van der Waals surface area contributed by atoms with Crippen molar-refractivity contribution in [3.8, 4) is 0 Å². The molecule has 120 valence electrons.